The predicted molar refractivity (Wildman–Crippen MR) is 67.3 cm³/mol. The lowest BCUT2D eigenvalue weighted by Crippen LogP contribution is -2.24. The van der Waals surface area contributed by atoms with Crippen molar-refractivity contribution in [3.63, 3.8) is 0 Å². The van der Waals surface area contributed by atoms with Gasteiger partial charge in [0.2, 0.25) is 0 Å². The summed E-state index contributed by atoms with van der Waals surface area (Å²) in [5, 5.41) is 0.771. The molecular weight excluding hydrogens is 210 g/mol. The zero-order valence-electron chi connectivity index (χ0n) is 8.92. The van der Waals surface area contributed by atoms with Gasteiger partial charge in [-0.1, -0.05) is 43.4 Å². The Bertz CT molecular complexity index is 311. The Hall–Kier alpha value is -0.603. The normalized spacial score (nSPS) is 12.3. The van der Waals surface area contributed by atoms with Crippen LogP contribution in [0.2, 0.25) is 24.7 Å². The predicted octanol–water partition coefficient (Wildman–Crippen LogP) is 3.64. The SMILES string of the molecule is C[Si](C)(C)C/N=C/c1ccc(Cl)cc1. The molecule has 76 valence electrons. The van der Waals surface area contributed by atoms with E-state index in [2.05, 4.69) is 24.6 Å². The van der Waals surface area contributed by atoms with Crippen LogP contribution < -0.4 is 0 Å². The van der Waals surface area contributed by atoms with Crippen molar-refractivity contribution in [3.8, 4) is 0 Å². The molecule has 0 heterocycles. The molecule has 0 amide bonds. The molecule has 0 bridgehead atoms. The van der Waals surface area contributed by atoms with E-state index in [4.69, 9.17) is 11.6 Å². The van der Waals surface area contributed by atoms with Crippen molar-refractivity contribution in [2.75, 3.05) is 6.17 Å². The highest BCUT2D eigenvalue weighted by atomic mass is 35.5. The summed E-state index contributed by atoms with van der Waals surface area (Å²) in [6.07, 6.45) is 2.91. The van der Waals surface area contributed by atoms with Gasteiger partial charge >= 0.3 is 0 Å². The number of benzene rings is 1. The van der Waals surface area contributed by atoms with E-state index < -0.39 is 8.07 Å². The van der Waals surface area contributed by atoms with Gasteiger partial charge in [-0.15, -0.1) is 0 Å². The molecule has 0 aliphatic carbocycles. The standard InChI is InChI=1S/C11H16ClNSi/c1-14(2,3)9-13-8-10-4-6-11(12)7-5-10/h4-8H,9H2,1-3H3/b13-8+. The zero-order valence-corrected chi connectivity index (χ0v) is 10.7. The molecule has 0 aliphatic heterocycles. The van der Waals surface area contributed by atoms with Crippen molar-refractivity contribution >= 4 is 25.9 Å². The number of aliphatic imine (C=N–C) groups is 1. The molecule has 0 aliphatic rings. The Morgan fingerprint density at radius 1 is 1.21 bits per heavy atom. The number of hydrogen-bond acceptors (Lipinski definition) is 1. The largest absolute Gasteiger partial charge is 0.296 e. The van der Waals surface area contributed by atoms with E-state index in [0.29, 0.717) is 0 Å². The van der Waals surface area contributed by atoms with Gasteiger partial charge in [0, 0.05) is 17.4 Å². The summed E-state index contributed by atoms with van der Waals surface area (Å²) in [5.74, 6) is 0. The third-order valence-electron chi connectivity index (χ3n) is 1.68. The molecule has 0 spiro atoms. The lowest BCUT2D eigenvalue weighted by molar-refractivity contribution is 1.29. The van der Waals surface area contributed by atoms with Crippen LogP contribution in [0.1, 0.15) is 5.56 Å². The molecule has 14 heavy (non-hydrogen) atoms. The summed E-state index contributed by atoms with van der Waals surface area (Å²) in [6, 6.07) is 7.74. The second-order valence-electron chi connectivity index (χ2n) is 4.58. The molecule has 1 aromatic rings. The second-order valence-corrected chi connectivity index (χ2v) is 10.5. The van der Waals surface area contributed by atoms with Gasteiger partial charge in [-0.3, -0.25) is 4.99 Å². The summed E-state index contributed by atoms with van der Waals surface area (Å²) >= 11 is 5.78. The summed E-state index contributed by atoms with van der Waals surface area (Å²) in [5.41, 5.74) is 1.12. The molecule has 0 saturated carbocycles. The fourth-order valence-electron chi connectivity index (χ4n) is 0.974. The van der Waals surface area contributed by atoms with Crippen LogP contribution in [0.5, 0.6) is 0 Å². The molecule has 0 unspecified atom stereocenters. The van der Waals surface area contributed by atoms with E-state index in [1.807, 2.05) is 30.5 Å². The van der Waals surface area contributed by atoms with E-state index in [1.165, 1.54) is 0 Å². The van der Waals surface area contributed by atoms with Gasteiger partial charge in [-0.05, 0) is 17.7 Å². The average Bonchev–Trinajstić information content (AvgIpc) is 2.06. The first kappa shape index (κ1) is 11.5. The van der Waals surface area contributed by atoms with Gasteiger partial charge in [-0.2, -0.15) is 0 Å². The van der Waals surface area contributed by atoms with Crippen LogP contribution >= 0.6 is 11.6 Å². The second kappa shape index (κ2) is 4.76. The van der Waals surface area contributed by atoms with Crippen LogP contribution in [-0.2, 0) is 0 Å². The highest BCUT2D eigenvalue weighted by molar-refractivity contribution is 6.76. The van der Waals surface area contributed by atoms with Crippen molar-refractivity contribution in [2.24, 2.45) is 4.99 Å². The van der Waals surface area contributed by atoms with Gasteiger partial charge in [0.1, 0.15) is 0 Å². The lowest BCUT2D eigenvalue weighted by Gasteiger charge is -2.10. The van der Waals surface area contributed by atoms with Crippen LogP contribution in [0.3, 0.4) is 0 Å². The molecule has 3 heteroatoms. The fraction of sp³-hybridized carbons (Fsp3) is 0.364. The molecule has 0 aromatic heterocycles. The van der Waals surface area contributed by atoms with E-state index >= 15 is 0 Å². The number of halogens is 1. The topological polar surface area (TPSA) is 12.4 Å². The Balaban J connectivity index is 2.57. The Labute approximate surface area is 91.8 Å². The molecular formula is C11H16ClNSi. The Morgan fingerprint density at radius 2 is 1.79 bits per heavy atom. The summed E-state index contributed by atoms with van der Waals surface area (Å²) in [7, 11) is -1.05. The maximum Gasteiger partial charge on any atom is 0.0692 e. The Kier molecular flexibility index (Phi) is 3.90. The van der Waals surface area contributed by atoms with Gasteiger partial charge < -0.3 is 0 Å². The minimum atomic E-state index is -1.05. The van der Waals surface area contributed by atoms with Crippen molar-refractivity contribution < 1.29 is 0 Å². The van der Waals surface area contributed by atoms with Crippen LogP contribution in [-0.4, -0.2) is 20.5 Å². The molecule has 0 N–H and O–H groups in total. The number of rotatable bonds is 3. The van der Waals surface area contributed by atoms with E-state index in [9.17, 15) is 0 Å². The van der Waals surface area contributed by atoms with Crippen molar-refractivity contribution in [3.05, 3.63) is 34.9 Å². The van der Waals surface area contributed by atoms with Crippen molar-refractivity contribution in [1.82, 2.24) is 0 Å². The average molecular weight is 226 g/mol. The quantitative estimate of drug-likeness (QED) is 0.550. The first-order valence-corrected chi connectivity index (χ1v) is 8.81. The summed E-state index contributed by atoms with van der Waals surface area (Å²) in [4.78, 5) is 4.44. The zero-order chi connectivity index (χ0) is 10.6. The van der Waals surface area contributed by atoms with Gasteiger partial charge in [-0.25, -0.2) is 0 Å². The fourth-order valence-corrected chi connectivity index (χ4v) is 1.74. The molecule has 1 aromatic carbocycles. The Morgan fingerprint density at radius 3 is 2.29 bits per heavy atom. The first-order chi connectivity index (χ1) is 6.47. The number of nitrogens with zero attached hydrogens (tertiary/aromatic N) is 1. The summed E-state index contributed by atoms with van der Waals surface area (Å²) < 4.78 is 0. The van der Waals surface area contributed by atoms with Gasteiger partial charge in [0.15, 0.2) is 0 Å². The molecule has 0 saturated heterocycles. The third-order valence-corrected chi connectivity index (χ3v) is 3.06. The maximum absolute atomic E-state index is 5.78. The minimum absolute atomic E-state index is 0.771. The van der Waals surface area contributed by atoms with Crippen LogP contribution in [0.15, 0.2) is 29.3 Å². The monoisotopic (exact) mass is 225 g/mol. The van der Waals surface area contributed by atoms with Crippen molar-refractivity contribution in [2.45, 2.75) is 19.6 Å². The van der Waals surface area contributed by atoms with Crippen molar-refractivity contribution in [1.29, 1.82) is 0 Å². The summed E-state index contributed by atoms with van der Waals surface area (Å²) in [6.45, 7) is 6.94. The van der Waals surface area contributed by atoms with Gasteiger partial charge in [0.05, 0.1) is 8.07 Å². The van der Waals surface area contributed by atoms with E-state index in [0.717, 1.165) is 16.8 Å². The van der Waals surface area contributed by atoms with Crippen LogP contribution in [0.4, 0.5) is 0 Å². The highest BCUT2D eigenvalue weighted by Crippen LogP contribution is 2.08. The van der Waals surface area contributed by atoms with E-state index in [-0.39, 0.29) is 0 Å². The molecule has 1 nitrogen and oxygen atoms in total. The minimum Gasteiger partial charge on any atom is -0.296 e. The molecule has 0 fully saturated rings. The maximum atomic E-state index is 5.78. The lowest BCUT2D eigenvalue weighted by atomic mass is 10.2. The van der Waals surface area contributed by atoms with Gasteiger partial charge in [0.25, 0.3) is 0 Å². The smallest absolute Gasteiger partial charge is 0.0692 e. The van der Waals surface area contributed by atoms with Crippen LogP contribution in [0.25, 0.3) is 0 Å². The third kappa shape index (κ3) is 4.58. The van der Waals surface area contributed by atoms with E-state index in [1.54, 1.807) is 0 Å². The van der Waals surface area contributed by atoms with Crippen LogP contribution in [0, 0.1) is 0 Å². The number of hydrogen-bond donors (Lipinski definition) is 0. The first-order valence-electron chi connectivity index (χ1n) is 4.73. The molecule has 0 atom stereocenters. The molecule has 0 radical (unpaired) electrons. The highest BCUT2D eigenvalue weighted by Gasteiger charge is 2.10. The molecule has 1 rings (SSSR count).